The van der Waals surface area contributed by atoms with Crippen LogP contribution < -0.4 is 14.8 Å². The van der Waals surface area contributed by atoms with Crippen LogP contribution in [-0.2, 0) is 13.0 Å². The highest BCUT2D eigenvalue weighted by atomic mass is 32.1. The molecular weight excluding hydrogens is 394 g/mol. The molecule has 2 aromatic carbocycles. The summed E-state index contributed by atoms with van der Waals surface area (Å²) in [7, 11) is 3.39. The van der Waals surface area contributed by atoms with Crippen molar-refractivity contribution in [2.24, 2.45) is 0 Å². The number of aromatic nitrogens is 1. The largest absolute Gasteiger partial charge is 0.497 e. The van der Waals surface area contributed by atoms with Crippen LogP contribution in [0.15, 0.2) is 66.9 Å². The van der Waals surface area contributed by atoms with Gasteiger partial charge in [0.25, 0.3) is 0 Å². The van der Waals surface area contributed by atoms with Gasteiger partial charge in [-0.1, -0.05) is 30.3 Å². The summed E-state index contributed by atoms with van der Waals surface area (Å²) in [6.45, 7) is 2.51. The number of rotatable bonds is 6. The van der Waals surface area contributed by atoms with Crippen molar-refractivity contribution in [3.8, 4) is 11.5 Å². The fourth-order valence-electron chi connectivity index (χ4n) is 4.04. The molecule has 0 saturated carbocycles. The Bertz CT molecular complexity index is 1000. The van der Waals surface area contributed by atoms with Gasteiger partial charge in [-0.2, -0.15) is 0 Å². The quantitative estimate of drug-likeness (QED) is 0.609. The van der Waals surface area contributed by atoms with Gasteiger partial charge in [-0.25, -0.2) is 0 Å². The molecule has 0 radical (unpaired) electrons. The Morgan fingerprint density at radius 1 is 1.03 bits per heavy atom. The van der Waals surface area contributed by atoms with Gasteiger partial charge in [0.15, 0.2) is 5.11 Å². The summed E-state index contributed by atoms with van der Waals surface area (Å²) >= 11 is 5.84. The molecule has 30 heavy (non-hydrogen) atoms. The van der Waals surface area contributed by atoms with Crippen LogP contribution in [0.2, 0.25) is 0 Å². The molecule has 5 nitrogen and oxygen atoms in total. The third-order valence-electron chi connectivity index (χ3n) is 5.56. The third-order valence-corrected chi connectivity index (χ3v) is 5.94. The zero-order valence-electron chi connectivity index (χ0n) is 17.4. The maximum absolute atomic E-state index is 5.84. The van der Waals surface area contributed by atoms with Crippen molar-refractivity contribution in [2.75, 3.05) is 27.3 Å². The molecule has 1 N–H and O–H groups in total. The molecule has 1 aromatic heterocycles. The summed E-state index contributed by atoms with van der Waals surface area (Å²) in [5, 5.41) is 4.22. The molecule has 0 bridgehead atoms. The first-order chi connectivity index (χ1) is 14.7. The normalized spacial score (nSPS) is 15.4. The number of fused-ring (bicyclic) bond motifs is 1. The van der Waals surface area contributed by atoms with Gasteiger partial charge in [-0.05, 0) is 54.5 Å². The standard InChI is InChI=1S/C24H27N3O2S/c1-28-19-10-11-22(29-2)20(17-19)23-21-9-6-14-26(21)15-16-27(23)24(30)25-13-12-18-7-4-3-5-8-18/h3-11,14,17,23H,12-13,15-16H2,1-2H3,(H,25,30)/t23-/m1/s1. The van der Waals surface area contributed by atoms with E-state index in [0.717, 1.165) is 48.2 Å². The van der Waals surface area contributed by atoms with Crippen LogP contribution in [0.4, 0.5) is 0 Å². The van der Waals surface area contributed by atoms with E-state index in [-0.39, 0.29) is 6.04 Å². The number of nitrogens with zero attached hydrogens (tertiary/aromatic N) is 2. The van der Waals surface area contributed by atoms with E-state index in [1.54, 1.807) is 14.2 Å². The smallest absolute Gasteiger partial charge is 0.169 e. The van der Waals surface area contributed by atoms with Gasteiger partial charge in [-0.15, -0.1) is 0 Å². The Morgan fingerprint density at radius 3 is 2.63 bits per heavy atom. The molecule has 0 saturated heterocycles. The van der Waals surface area contributed by atoms with Gasteiger partial charge in [0, 0.05) is 37.1 Å². The molecule has 0 unspecified atom stereocenters. The molecular formula is C24H27N3O2S. The Balaban J connectivity index is 1.60. The summed E-state index contributed by atoms with van der Waals surface area (Å²) in [5.41, 5.74) is 3.54. The highest BCUT2D eigenvalue weighted by Gasteiger charge is 2.32. The minimum Gasteiger partial charge on any atom is -0.497 e. The first-order valence-corrected chi connectivity index (χ1v) is 10.6. The average Bonchev–Trinajstić information content (AvgIpc) is 3.27. The van der Waals surface area contributed by atoms with E-state index < -0.39 is 0 Å². The van der Waals surface area contributed by atoms with Crippen LogP contribution in [0, 0.1) is 0 Å². The number of nitrogens with one attached hydrogen (secondary N) is 1. The molecule has 0 aliphatic carbocycles. The highest BCUT2D eigenvalue weighted by Crippen LogP contribution is 2.39. The molecule has 6 heteroatoms. The summed E-state index contributed by atoms with van der Waals surface area (Å²) in [4.78, 5) is 2.26. The van der Waals surface area contributed by atoms with Crippen molar-refractivity contribution in [2.45, 2.75) is 19.0 Å². The topological polar surface area (TPSA) is 38.7 Å². The second-order valence-electron chi connectivity index (χ2n) is 7.30. The number of ether oxygens (including phenoxy) is 2. The minimum atomic E-state index is -0.0458. The van der Waals surface area contributed by atoms with Crippen molar-refractivity contribution in [1.29, 1.82) is 0 Å². The zero-order valence-corrected chi connectivity index (χ0v) is 18.2. The van der Waals surface area contributed by atoms with E-state index in [9.17, 15) is 0 Å². The Hall–Kier alpha value is -2.99. The van der Waals surface area contributed by atoms with E-state index in [1.807, 2.05) is 24.3 Å². The van der Waals surface area contributed by atoms with E-state index >= 15 is 0 Å². The van der Waals surface area contributed by atoms with Crippen LogP contribution in [0.5, 0.6) is 11.5 Å². The maximum Gasteiger partial charge on any atom is 0.169 e. The number of hydrogen-bond acceptors (Lipinski definition) is 3. The lowest BCUT2D eigenvalue weighted by atomic mass is 9.99. The van der Waals surface area contributed by atoms with Crippen molar-refractivity contribution < 1.29 is 9.47 Å². The molecule has 1 atom stereocenters. The summed E-state index contributed by atoms with van der Waals surface area (Å²) in [6, 6.07) is 20.6. The fourth-order valence-corrected chi connectivity index (χ4v) is 4.34. The first-order valence-electron chi connectivity index (χ1n) is 10.2. The predicted octanol–water partition coefficient (Wildman–Crippen LogP) is 4.03. The molecule has 156 valence electrons. The van der Waals surface area contributed by atoms with Crippen LogP contribution in [-0.4, -0.2) is 41.9 Å². The average molecular weight is 422 g/mol. The number of methoxy groups -OCH3 is 2. The fraction of sp³-hybridized carbons (Fsp3) is 0.292. The number of hydrogen-bond donors (Lipinski definition) is 1. The molecule has 0 fully saturated rings. The Morgan fingerprint density at radius 2 is 1.87 bits per heavy atom. The van der Waals surface area contributed by atoms with Gasteiger partial charge in [0.05, 0.1) is 14.2 Å². The second kappa shape index (κ2) is 9.22. The highest BCUT2D eigenvalue weighted by molar-refractivity contribution is 7.80. The van der Waals surface area contributed by atoms with Gasteiger partial charge < -0.3 is 24.3 Å². The number of benzene rings is 2. The van der Waals surface area contributed by atoms with Crippen molar-refractivity contribution >= 4 is 17.3 Å². The van der Waals surface area contributed by atoms with Gasteiger partial charge in [-0.3, -0.25) is 0 Å². The Kier molecular flexibility index (Phi) is 6.23. The minimum absolute atomic E-state index is 0.0458. The molecule has 0 amide bonds. The SMILES string of the molecule is COc1ccc(OC)c([C@@H]2c3cccn3CCN2C(=S)NCCc2ccccc2)c1. The van der Waals surface area contributed by atoms with Crippen LogP contribution >= 0.6 is 12.2 Å². The van der Waals surface area contributed by atoms with Crippen LogP contribution in [0.3, 0.4) is 0 Å². The molecule has 4 rings (SSSR count). The summed E-state index contributed by atoms with van der Waals surface area (Å²) < 4.78 is 13.5. The summed E-state index contributed by atoms with van der Waals surface area (Å²) in [6.07, 6.45) is 3.05. The summed E-state index contributed by atoms with van der Waals surface area (Å²) in [5.74, 6) is 1.63. The lowest BCUT2D eigenvalue weighted by molar-refractivity contribution is 0.278. The Labute approximate surface area is 183 Å². The van der Waals surface area contributed by atoms with Gasteiger partial charge in [0.1, 0.15) is 17.5 Å². The van der Waals surface area contributed by atoms with Crippen molar-refractivity contribution in [3.05, 3.63) is 83.7 Å². The molecule has 1 aliphatic heterocycles. The molecule has 2 heterocycles. The van der Waals surface area contributed by atoms with E-state index in [0.29, 0.717) is 0 Å². The van der Waals surface area contributed by atoms with E-state index in [4.69, 9.17) is 21.7 Å². The van der Waals surface area contributed by atoms with Crippen LogP contribution in [0.25, 0.3) is 0 Å². The van der Waals surface area contributed by atoms with Crippen molar-refractivity contribution in [1.82, 2.24) is 14.8 Å². The third kappa shape index (κ3) is 4.14. The predicted molar refractivity (Wildman–Crippen MR) is 123 cm³/mol. The number of thiocarbonyl (C=S) groups is 1. The van der Waals surface area contributed by atoms with E-state index in [1.165, 1.54) is 11.3 Å². The molecule has 1 aliphatic rings. The van der Waals surface area contributed by atoms with Crippen molar-refractivity contribution in [3.63, 3.8) is 0 Å². The van der Waals surface area contributed by atoms with E-state index in [2.05, 4.69) is 57.4 Å². The first kappa shape index (κ1) is 20.3. The molecule has 3 aromatic rings. The van der Waals surface area contributed by atoms with Gasteiger partial charge in [0.2, 0.25) is 0 Å². The lowest BCUT2D eigenvalue weighted by Gasteiger charge is -2.39. The monoisotopic (exact) mass is 421 g/mol. The second-order valence-corrected chi connectivity index (χ2v) is 7.68. The maximum atomic E-state index is 5.84. The zero-order chi connectivity index (χ0) is 20.9. The lowest BCUT2D eigenvalue weighted by Crippen LogP contribution is -2.47. The van der Waals surface area contributed by atoms with Crippen LogP contribution in [0.1, 0.15) is 22.9 Å². The van der Waals surface area contributed by atoms with Gasteiger partial charge >= 0.3 is 0 Å². The molecule has 0 spiro atoms.